The van der Waals surface area contributed by atoms with Crippen molar-refractivity contribution in [1.82, 2.24) is 15.1 Å². The maximum Gasteiger partial charge on any atom is 0.319 e. The van der Waals surface area contributed by atoms with Gasteiger partial charge in [-0.1, -0.05) is 12.1 Å². The third kappa shape index (κ3) is 5.58. The molecular formula is C21H23N5O3. The van der Waals surface area contributed by atoms with Crippen molar-refractivity contribution in [3.05, 3.63) is 66.5 Å². The molecule has 0 aliphatic heterocycles. The molecule has 1 aromatic heterocycles. The second-order valence-electron chi connectivity index (χ2n) is 6.34. The van der Waals surface area contributed by atoms with Gasteiger partial charge in [-0.3, -0.25) is 4.79 Å². The van der Waals surface area contributed by atoms with E-state index in [1.807, 2.05) is 36.5 Å². The molecule has 0 atom stereocenters. The van der Waals surface area contributed by atoms with Crippen LogP contribution < -0.4 is 20.7 Å². The molecule has 8 heteroatoms. The van der Waals surface area contributed by atoms with Crippen molar-refractivity contribution in [3.63, 3.8) is 0 Å². The van der Waals surface area contributed by atoms with Gasteiger partial charge in [0.2, 0.25) is 5.91 Å². The van der Waals surface area contributed by atoms with E-state index < -0.39 is 0 Å². The van der Waals surface area contributed by atoms with Gasteiger partial charge in [0.25, 0.3) is 0 Å². The smallest absolute Gasteiger partial charge is 0.319 e. The zero-order valence-corrected chi connectivity index (χ0v) is 16.3. The van der Waals surface area contributed by atoms with Crippen LogP contribution >= 0.6 is 0 Å². The zero-order chi connectivity index (χ0) is 20.6. The average Bonchev–Trinajstić information content (AvgIpc) is 3.24. The highest BCUT2D eigenvalue weighted by atomic mass is 16.5. The van der Waals surface area contributed by atoms with Crippen LogP contribution in [0.25, 0.3) is 5.69 Å². The fourth-order valence-corrected chi connectivity index (χ4v) is 2.79. The molecular weight excluding hydrogens is 370 g/mol. The summed E-state index contributed by atoms with van der Waals surface area (Å²) in [6.07, 6.45) is 4.33. The van der Waals surface area contributed by atoms with Crippen molar-refractivity contribution in [2.75, 3.05) is 24.3 Å². The maximum absolute atomic E-state index is 12.1. The molecule has 3 amide bonds. The van der Waals surface area contributed by atoms with E-state index in [0.717, 1.165) is 11.3 Å². The number of urea groups is 1. The number of aromatic nitrogens is 2. The highest BCUT2D eigenvalue weighted by Crippen LogP contribution is 2.27. The van der Waals surface area contributed by atoms with Gasteiger partial charge < -0.3 is 20.7 Å². The number of hydrogen-bond acceptors (Lipinski definition) is 4. The van der Waals surface area contributed by atoms with Gasteiger partial charge in [0, 0.05) is 37.6 Å². The van der Waals surface area contributed by atoms with Gasteiger partial charge in [0.05, 0.1) is 18.5 Å². The lowest BCUT2D eigenvalue weighted by Gasteiger charge is -2.12. The molecule has 0 bridgehead atoms. The molecule has 0 radical (unpaired) electrons. The zero-order valence-electron chi connectivity index (χ0n) is 16.3. The maximum atomic E-state index is 12.1. The van der Waals surface area contributed by atoms with Crippen LogP contribution in [0.15, 0.2) is 60.9 Å². The quantitative estimate of drug-likeness (QED) is 0.574. The van der Waals surface area contributed by atoms with Gasteiger partial charge in [-0.15, -0.1) is 0 Å². The van der Waals surface area contributed by atoms with Gasteiger partial charge in [-0.05, 0) is 42.3 Å². The van der Waals surface area contributed by atoms with E-state index in [1.165, 1.54) is 14.0 Å². The number of methoxy groups -OCH3 is 1. The largest absolute Gasteiger partial charge is 0.494 e. The molecule has 3 rings (SSSR count). The van der Waals surface area contributed by atoms with E-state index in [2.05, 4.69) is 21.0 Å². The van der Waals surface area contributed by atoms with Crippen molar-refractivity contribution >= 4 is 23.3 Å². The number of carbonyl (C=O) groups excluding carboxylic acids is 2. The van der Waals surface area contributed by atoms with Crippen LogP contribution in [0.1, 0.15) is 12.5 Å². The van der Waals surface area contributed by atoms with Gasteiger partial charge in [-0.25, -0.2) is 9.48 Å². The number of carbonyl (C=O) groups is 2. The number of ether oxygens (including phenoxy) is 1. The molecule has 0 spiro atoms. The minimum Gasteiger partial charge on any atom is -0.494 e. The van der Waals surface area contributed by atoms with E-state index in [0.29, 0.717) is 30.1 Å². The SMILES string of the molecule is COc1cc(NC(=O)NCCc2ccc(-n3cccn3)cc2)ccc1NC(C)=O. The molecule has 0 saturated heterocycles. The van der Waals surface area contributed by atoms with E-state index in [1.54, 1.807) is 29.1 Å². The second-order valence-corrected chi connectivity index (χ2v) is 6.34. The van der Waals surface area contributed by atoms with Gasteiger partial charge in [0.15, 0.2) is 0 Å². The summed E-state index contributed by atoms with van der Waals surface area (Å²) in [6, 6.07) is 14.6. The molecule has 3 N–H and O–H groups in total. The lowest BCUT2D eigenvalue weighted by molar-refractivity contribution is -0.114. The Morgan fingerprint density at radius 1 is 1.10 bits per heavy atom. The fourth-order valence-electron chi connectivity index (χ4n) is 2.79. The first-order chi connectivity index (χ1) is 14.0. The first-order valence-corrected chi connectivity index (χ1v) is 9.14. The van der Waals surface area contributed by atoms with E-state index in [-0.39, 0.29) is 11.9 Å². The van der Waals surface area contributed by atoms with Crippen LogP contribution in [0.4, 0.5) is 16.2 Å². The molecule has 0 aliphatic rings. The van der Waals surface area contributed by atoms with Crippen LogP contribution in [0, 0.1) is 0 Å². The van der Waals surface area contributed by atoms with Gasteiger partial charge >= 0.3 is 6.03 Å². The minimum atomic E-state index is -0.313. The van der Waals surface area contributed by atoms with Crippen molar-refractivity contribution < 1.29 is 14.3 Å². The summed E-state index contributed by atoms with van der Waals surface area (Å²) in [5, 5.41) is 12.5. The normalized spacial score (nSPS) is 10.3. The molecule has 8 nitrogen and oxygen atoms in total. The number of rotatable bonds is 7. The Bertz CT molecular complexity index is 968. The Labute approximate surface area is 168 Å². The Kier molecular flexibility index (Phi) is 6.47. The van der Waals surface area contributed by atoms with E-state index in [4.69, 9.17) is 4.74 Å². The number of nitrogens with one attached hydrogen (secondary N) is 3. The lowest BCUT2D eigenvalue weighted by Crippen LogP contribution is -2.30. The molecule has 0 aliphatic carbocycles. The second kappa shape index (κ2) is 9.41. The van der Waals surface area contributed by atoms with Crippen molar-refractivity contribution in [2.24, 2.45) is 0 Å². The summed E-state index contributed by atoms with van der Waals surface area (Å²) >= 11 is 0. The molecule has 3 aromatic rings. The van der Waals surface area contributed by atoms with E-state index in [9.17, 15) is 9.59 Å². The lowest BCUT2D eigenvalue weighted by atomic mass is 10.1. The third-order valence-corrected chi connectivity index (χ3v) is 4.17. The molecule has 0 fully saturated rings. The molecule has 0 unspecified atom stereocenters. The summed E-state index contributed by atoms with van der Waals surface area (Å²) < 4.78 is 7.04. The number of amides is 3. The molecule has 0 saturated carbocycles. The highest BCUT2D eigenvalue weighted by Gasteiger charge is 2.08. The predicted molar refractivity (Wildman–Crippen MR) is 112 cm³/mol. The number of anilines is 2. The summed E-state index contributed by atoms with van der Waals surface area (Å²) in [6.45, 7) is 1.91. The molecule has 29 heavy (non-hydrogen) atoms. The summed E-state index contributed by atoms with van der Waals surface area (Å²) in [5.74, 6) is 0.273. The van der Waals surface area contributed by atoms with Crippen molar-refractivity contribution in [1.29, 1.82) is 0 Å². The van der Waals surface area contributed by atoms with Crippen molar-refractivity contribution in [3.8, 4) is 11.4 Å². The van der Waals surface area contributed by atoms with Crippen LogP contribution in [0.3, 0.4) is 0 Å². The summed E-state index contributed by atoms with van der Waals surface area (Å²) in [5.41, 5.74) is 3.21. The first-order valence-electron chi connectivity index (χ1n) is 9.14. The van der Waals surface area contributed by atoms with Crippen molar-refractivity contribution in [2.45, 2.75) is 13.3 Å². The first kappa shape index (κ1) is 19.9. The molecule has 2 aromatic carbocycles. The fraction of sp³-hybridized carbons (Fsp3) is 0.190. The van der Waals surface area contributed by atoms with Crippen LogP contribution in [0.5, 0.6) is 5.75 Å². The number of hydrogen-bond donors (Lipinski definition) is 3. The number of benzene rings is 2. The van der Waals surface area contributed by atoms with Crippen LogP contribution in [-0.2, 0) is 11.2 Å². The number of nitrogens with zero attached hydrogens (tertiary/aromatic N) is 2. The van der Waals surface area contributed by atoms with Gasteiger partial charge in [-0.2, -0.15) is 5.10 Å². The Balaban J connectivity index is 1.49. The summed E-state index contributed by atoms with van der Waals surface area (Å²) in [4.78, 5) is 23.3. The minimum absolute atomic E-state index is 0.195. The van der Waals surface area contributed by atoms with Crippen LogP contribution in [0.2, 0.25) is 0 Å². The Morgan fingerprint density at radius 3 is 2.55 bits per heavy atom. The topological polar surface area (TPSA) is 97.3 Å². The third-order valence-electron chi connectivity index (χ3n) is 4.17. The summed E-state index contributed by atoms with van der Waals surface area (Å²) in [7, 11) is 1.50. The van der Waals surface area contributed by atoms with E-state index >= 15 is 0 Å². The standard InChI is InChI=1S/C21H23N5O3/c1-15(27)24-19-9-6-17(14-20(19)29-2)25-21(28)22-12-10-16-4-7-18(8-5-16)26-13-3-11-23-26/h3-9,11,13-14H,10,12H2,1-2H3,(H,24,27)(H2,22,25,28). The monoisotopic (exact) mass is 393 g/mol. The van der Waals surface area contributed by atoms with Crippen LogP contribution in [-0.4, -0.2) is 35.4 Å². The molecule has 1 heterocycles. The predicted octanol–water partition coefficient (Wildman–Crippen LogP) is 3.20. The average molecular weight is 393 g/mol. The Morgan fingerprint density at radius 2 is 1.90 bits per heavy atom. The molecule has 150 valence electrons. The highest BCUT2D eigenvalue weighted by molar-refractivity contribution is 5.93. The Hall–Kier alpha value is -3.81. The van der Waals surface area contributed by atoms with Gasteiger partial charge in [0.1, 0.15) is 5.75 Å².